The van der Waals surface area contributed by atoms with E-state index in [9.17, 15) is 17.6 Å². The zero-order chi connectivity index (χ0) is 13.1. The Balaban J connectivity index is 3.63. The average molecular weight is 260 g/mol. The van der Waals surface area contributed by atoms with Gasteiger partial charge in [0.25, 0.3) is 0 Å². The van der Waals surface area contributed by atoms with Crippen molar-refractivity contribution < 1.29 is 27.0 Å². The maximum atomic E-state index is 12.0. The molecular formula is C11H20F4O2. The van der Waals surface area contributed by atoms with Crippen molar-refractivity contribution in [3.8, 4) is 0 Å². The number of hydrogen-bond donors (Lipinski definition) is 0. The zero-order valence-electron chi connectivity index (χ0n) is 10.1. The lowest BCUT2D eigenvalue weighted by atomic mass is 10.1. The van der Waals surface area contributed by atoms with Crippen LogP contribution < -0.4 is 0 Å². The lowest BCUT2D eigenvalue weighted by Crippen LogP contribution is -2.23. The summed E-state index contributed by atoms with van der Waals surface area (Å²) in [5, 5.41) is 0. The molecule has 0 fully saturated rings. The highest BCUT2D eigenvalue weighted by Crippen LogP contribution is 2.23. The van der Waals surface area contributed by atoms with Crippen molar-refractivity contribution in [2.45, 2.75) is 51.5 Å². The molecule has 6 heteroatoms. The third-order valence-electron chi connectivity index (χ3n) is 2.20. The van der Waals surface area contributed by atoms with Crippen molar-refractivity contribution in [2.24, 2.45) is 0 Å². The highest BCUT2D eigenvalue weighted by Gasteiger charge is 2.32. The first-order chi connectivity index (χ1) is 7.99. The Morgan fingerprint density at radius 3 is 2.29 bits per heavy atom. The van der Waals surface area contributed by atoms with Crippen molar-refractivity contribution in [3.05, 3.63) is 0 Å². The van der Waals surface area contributed by atoms with Gasteiger partial charge < -0.3 is 4.74 Å². The molecule has 17 heavy (non-hydrogen) atoms. The summed E-state index contributed by atoms with van der Waals surface area (Å²) in [5.74, 6) is 0. The number of halogens is 4. The molecule has 0 aromatic rings. The van der Waals surface area contributed by atoms with Crippen molar-refractivity contribution in [1.29, 1.82) is 0 Å². The lowest BCUT2D eigenvalue weighted by molar-refractivity contribution is -0.344. The number of hydrogen-bond acceptors (Lipinski definition) is 2. The molecule has 104 valence electrons. The van der Waals surface area contributed by atoms with Gasteiger partial charge in [-0.2, -0.15) is 0 Å². The molecule has 0 saturated heterocycles. The molecule has 0 aliphatic carbocycles. The van der Waals surface area contributed by atoms with Crippen LogP contribution in [0.2, 0.25) is 0 Å². The second kappa shape index (κ2) is 9.65. The Bertz CT molecular complexity index is 173. The molecule has 0 rings (SSSR count). The van der Waals surface area contributed by atoms with Crippen LogP contribution in [0.4, 0.5) is 17.6 Å². The van der Waals surface area contributed by atoms with E-state index in [0.29, 0.717) is 38.7 Å². The first-order valence-corrected chi connectivity index (χ1v) is 5.87. The van der Waals surface area contributed by atoms with Gasteiger partial charge in [-0.1, -0.05) is 13.3 Å². The van der Waals surface area contributed by atoms with E-state index in [0.717, 1.165) is 0 Å². The number of rotatable bonds is 10. The van der Waals surface area contributed by atoms with Crippen molar-refractivity contribution in [2.75, 3.05) is 19.9 Å². The highest BCUT2D eigenvalue weighted by atomic mass is 19.4. The fraction of sp³-hybridized carbons (Fsp3) is 1.00. The van der Waals surface area contributed by atoms with Gasteiger partial charge >= 0.3 is 6.36 Å². The summed E-state index contributed by atoms with van der Waals surface area (Å²) in [6.45, 7) is 1.72. The van der Waals surface area contributed by atoms with E-state index in [1.54, 1.807) is 0 Å². The molecule has 0 saturated carbocycles. The molecule has 0 radical (unpaired) electrons. The Morgan fingerprint density at radius 1 is 1.06 bits per heavy atom. The van der Waals surface area contributed by atoms with Crippen LogP contribution in [0.15, 0.2) is 0 Å². The van der Waals surface area contributed by atoms with Gasteiger partial charge in [-0.15, -0.1) is 13.2 Å². The topological polar surface area (TPSA) is 18.5 Å². The number of ether oxygens (including phenoxy) is 2. The smallest absolute Gasteiger partial charge is 0.379 e. The second-order valence-electron chi connectivity index (χ2n) is 3.77. The Morgan fingerprint density at radius 2 is 1.76 bits per heavy atom. The first-order valence-electron chi connectivity index (χ1n) is 5.87. The Labute approximate surface area is 99.3 Å². The average Bonchev–Trinajstić information content (AvgIpc) is 2.21. The Kier molecular flexibility index (Phi) is 9.44. The SMILES string of the molecule is CCCC(CCCCOCCF)OC(F)(F)F. The molecule has 0 aliphatic heterocycles. The van der Waals surface area contributed by atoms with Crippen molar-refractivity contribution in [3.63, 3.8) is 0 Å². The molecule has 1 unspecified atom stereocenters. The maximum absolute atomic E-state index is 12.0. The molecule has 1 atom stereocenters. The summed E-state index contributed by atoms with van der Waals surface area (Å²) >= 11 is 0. The standard InChI is InChI=1S/C11H20F4O2/c1-2-5-10(17-11(13,14)15)6-3-4-8-16-9-7-12/h10H,2-9H2,1H3. The zero-order valence-corrected chi connectivity index (χ0v) is 10.1. The maximum Gasteiger partial charge on any atom is 0.522 e. The normalized spacial score (nSPS) is 13.9. The van der Waals surface area contributed by atoms with Crippen LogP contribution in [0.5, 0.6) is 0 Å². The van der Waals surface area contributed by atoms with Crippen LogP contribution >= 0.6 is 0 Å². The van der Waals surface area contributed by atoms with E-state index in [4.69, 9.17) is 4.74 Å². The first kappa shape index (κ1) is 16.6. The summed E-state index contributed by atoms with van der Waals surface area (Å²) in [7, 11) is 0. The minimum Gasteiger partial charge on any atom is -0.379 e. The molecule has 0 N–H and O–H groups in total. The molecule has 2 nitrogen and oxygen atoms in total. The number of unbranched alkanes of at least 4 members (excludes halogenated alkanes) is 1. The van der Waals surface area contributed by atoms with Gasteiger partial charge in [-0.25, -0.2) is 4.39 Å². The van der Waals surface area contributed by atoms with E-state index in [1.807, 2.05) is 6.92 Å². The lowest BCUT2D eigenvalue weighted by Gasteiger charge is -2.18. The molecule has 0 aliphatic rings. The van der Waals surface area contributed by atoms with Crippen LogP contribution in [0.3, 0.4) is 0 Å². The fourth-order valence-electron chi connectivity index (χ4n) is 1.51. The third kappa shape index (κ3) is 11.9. The van der Waals surface area contributed by atoms with Gasteiger partial charge in [0.2, 0.25) is 0 Å². The largest absolute Gasteiger partial charge is 0.522 e. The number of alkyl halides is 4. The van der Waals surface area contributed by atoms with Gasteiger partial charge in [0.05, 0.1) is 12.7 Å². The quantitative estimate of drug-likeness (QED) is 0.439. The van der Waals surface area contributed by atoms with Gasteiger partial charge in [-0.05, 0) is 25.7 Å². The third-order valence-corrected chi connectivity index (χ3v) is 2.20. The monoisotopic (exact) mass is 260 g/mol. The van der Waals surface area contributed by atoms with Gasteiger partial charge in [0, 0.05) is 6.61 Å². The van der Waals surface area contributed by atoms with Crippen LogP contribution in [-0.4, -0.2) is 32.4 Å². The molecule has 0 amide bonds. The minimum absolute atomic E-state index is 0.0530. The van der Waals surface area contributed by atoms with E-state index in [-0.39, 0.29) is 6.61 Å². The summed E-state index contributed by atoms with van der Waals surface area (Å²) in [6.07, 6.45) is -2.73. The van der Waals surface area contributed by atoms with Crippen molar-refractivity contribution in [1.82, 2.24) is 0 Å². The fourth-order valence-corrected chi connectivity index (χ4v) is 1.51. The summed E-state index contributed by atoms with van der Waals surface area (Å²) in [5.41, 5.74) is 0. The summed E-state index contributed by atoms with van der Waals surface area (Å²) in [4.78, 5) is 0. The molecule has 0 heterocycles. The summed E-state index contributed by atoms with van der Waals surface area (Å²) < 4.78 is 56.6. The van der Waals surface area contributed by atoms with E-state index < -0.39 is 19.1 Å². The molecule has 0 spiro atoms. The van der Waals surface area contributed by atoms with E-state index in [1.165, 1.54) is 0 Å². The van der Waals surface area contributed by atoms with E-state index in [2.05, 4.69) is 4.74 Å². The Hall–Kier alpha value is -0.360. The predicted octanol–water partition coefficient (Wildman–Crippen LogP) is 3.85. The van der Waals surface area contributed by atoms with Crippen LogP contribution in [0.1, 0.15) is 39.0 Å². The van der Waals surface area contributed by atoms with Crippen LogP contribution in [0, 0.1) is 0 Å². The van der Waals surface area contributed by atoms with E-state index >= 15 is 0 Å². The molecule has 0 aromatic carbocycles. The minimum atomic E-state index is -4.56. The van der Waals surface area contributed by atoms with Gasteiger partial charge in [-0.3, -0.25) is 4.74 Å². The van der Waals surface area contributed by atoms with Crippen LogP contribution in [0.25, 0.3) is 0 Å². The molecule has 0 bridgehead atoms. The predicted molar refractivity (Wildman–Crippen MR) is 56.5 cm³/mol. The van der Waals surface area contributed by atoms with Crippen molar-refractivity contribution >= 4 is 0 Å². The molecular weight excluding hydrogens is 240 g/mol. The van der Waals surface area contributed by atoms with Gasteiger partial charge in [0.15, 0.2) is 0 Å². The molecule has 0 aromatic heterocycles. The summed E-state index contributed by atoms with van der Waals surface area (Å²) in [6, 6.07) is 0. The van der Waals surface area contributed by atoms with Gasteiger partial charge in [0.1, 0.15) is 6.67 Å². The highest BCUT2D eigenvalue weighted by molar-refractivity contribution is 4.58. The second-order valence-corrected chi connectivity index (χ2v) is 3.77. The van der Waals surface area contributed by atoms with Crippen LogP contribution in [-0.2, 0) is 9.47 Å².